The van der Waals surface area contributed by atoms with Crippen LogP contribution < -0.4 is 5.32 Å². The van der Waals surface area contributed by atoms with Crippen LogP contribution in [0.15, 0.2) is 24.4 Å². The Bertz CT molecular complexity index is 999. The van der Waals surface area contributed by atoms with E-state index in [0.717, 1.165) is 29.9 Å². The van der Waals surface area contributed by atoms with E-state index < -0.39 is 11.7 Å². The summed E-state index contributed by atoms with van der Waals surface area (Å²) < 4.78 is 5.54. The van der Waals surface area contributed by atoms with E-state index in [1.165, 1.54) is 11.1 Å². The van der Waals surface area contributed by atoms with Gasteiger partial charge in [0.1, 0.15) is 5.60 Å². The Balaban J connectivity index is 1.43. The summed E-state index contributed by atoms with van der Waals surface area (Å²) in [4.78, 5) is 25.8. The Morgan fingerprint density at radius 3 is 2.61 bits per heavy atom. The molecule has 1 saturated heterocycles. The molecule has 8 nitrogen and oxygen atoms in total. The lowest BCUT2D eigenvalue weighted by molar-refractivity contribution is -0.0309. The molecule has 8 heteroatoms. The first-order chi connectivity index (χ1) is 15.6. The average molecular weight is 454 g/mol. The third-order valence-electron chi connectivity index (χ3n) is 6.11. The summed E-state index contributed by atoms with van der Waals surface area (Å²) in [5, 5.41) is 14.0. The maximum atomic E-state index is 12.6. The minimum Gasteiger partial charge on any atom is -0.444 e. The van der Waals surface area contributed by atoms with E-state index in [1.807, 2.05) is 27.0 Å². The number of nitrogens with zero attached hydrogens (tertiary/aromatic N) is 4. The van der Waals surface area contributed by atoms with Crippen molar-refractivity contribution in [1.82, 2.24) is 19.8 Å². The van der Waals surface area contributed by atoms with Crippen molar-refractivity contribution in [2.45, 2.75) is 71.8 Å². The van der Waals surface area contributed by atoms with Gasteiger partial charge in [0, 0.05) is 50.0 Å². The van der Waals surface area contributed by atoms with Crippen molar-refractivity contribution >= 4 is 17.7 Å². The van der Waals surface area contributed by atoms with Gasteiger partial charge in [0.05, 0.1) is 17.8 Å². The minimum atomic E-state index is -0.535. The van der Waals surface area contributed by atoms with Gasteiger partial charge in [-0.1, -0.05) is 6.07 Å². The molecule has 4 rings (SSSR count). The Labute approximate surface area is 196 Å². The quantitative estimate of drug-likeness (QED) is 0.734. The molecule has 2 aliphatic heterocycles. The number of ether oxygens (including phenoxy) is 1. The van der Waals surface area contributed by atoms with E-state index in [-0.39, 0.29) is 12.1 Å². The second kappa shape index (κ2) is 9.27. The predicted octanol–water partition coefficient (Wildman–Crippen LogP) is 3.57. The molecule has 0 aliphatic carbocycles. The lowest BCUT2D eigenvalue weighted by Crippen LogP contribution is -2.57. The van der Waals surface area contributed by atoms with Gasteiger partial charge >= 0.3 is 6.09 Å². The molecular weight excluding hydrogens is 418 g/mol. The molecule has 2 aliphatic rings. The highest BCUT2D eigenvalue weighted by Crippen LogP contribution is 2.26. The fourth-order valence-electron chi connectivity index (χ4n) is 4.63. The number of benzene rings is 1. The number of likely N-dealkylation sites (tertiary alicyclic amines) is 1. The third-order valence-corrected chi connectivity index (χ3v) is 6.11. The normalized spacial score (nSPS) is 21.5. The summed E-state index contributed by atoms with van der Waals surface area (Å²) in [6, 6.07) is 6.17. The van der Waals surface area contributed by atoms with Crippen molar-refractivity contribution in [2.75, 3.05) is 25.0 Å². The second-order valence-corrected chi connectivity index (χ2v) is 10.2. The zero-order chi connectivity index (χ0) is 23.8. The van der Waals surface area contributed by atoms with Gasteiger partial charge in [0.25, 0.3) is 0 Å². The molecule has 1 aromatic heterocycles. The molecule has 2 unspecified atom stereocenters. The van der Waals surface area contributed by atoms with Gasteiger partial charge in [-0.25, -0.2) is 14.8 Å². The van der Waals surface area contributed by atoms with Crippen LogP contribution in [0.25, 0.3) is 0 Å². The van der Waals surface area contributed by atoms with E-state index in [4.69, 9.17) is 9.72 Å². The molecule has 3 heterocycles. The smallest absolute Gasteiger partial charge is 0.410 e. The largest absolute Gasteiger partial charge is 0.444 e. The molecule has 2 aromatic rings. The van der Waals surface area contributed by atoms with Crippen LogP contribution in [0.1, 0.15) is 49.6 Å². The maximum absolute atomic E-state index is 12.6. The van der Waals surface area contributed by atoms with Gasteiger partial charge in [-0.05, 0) is 64.3 Å². The van der Waals surface area contributed by atoms with E-state index in [0.29, 0.717) is 32.0 Å². The first-order valence-corrected chi connectivity index (χ1v) is 11.7. The number of anilines is 2. The molecule has 2 N–H and O–H groups in total. The molecule has 1 fully saturated rings. The fraction of sp³-hybridized carbons (Fsp3) is 0.560. The van der Waals surface area contributed by atoms with Crippen LogP contribution in [-0.2, 0) is 17.7 Å². The number of aromatic nitrogens is 2. The standard InChI is InChI=1S/C25H35N5O3/c1-16-10-17(2)12-19(11-16)27-23-26-13-18-14-29(8-6-20(18)28-23)21-15-30(9-7-22(21)31)24(32)33-25(3,4)5/h10-13,21-22,31H,6-9,14-15H2,1-5H3,(H,26,27,28). The molecular formula is C25H35N5O3. The van der Waals surface area contributed by atoms with E-state index >= 15 is 0 Å². The first kappa shape index (κ1) is 23.4. The summed E-state index contributed by atoms with van der Waals surface area (Å²) in [6.07, 6.45) is 2.40. The number of aryl methyl sites for hydroxylation is 2. The number of piperidine rings is 1. The monoisotopic (exact) mass is 453 g/mol. The van der Waals surface area contributed by atoms with E-state index in [1.54, 1.807) is 4.90 Å². The fourth-order valence-corrected chi connectivity index (χ4v) is 4.63. The number of amides is 1. The average Bonchev–Trinajstić information content (AvgIpc) is 2.71. The molecule has 2 atom stereocenters. The molecule has 178 valence electrons. The number of carbonyl (C=O) groups excluding carboxylic acids is 1. The summed E-state index contributed by atoms with van der Waals surface area (Å²) in [5.41, 5.74) is 4.93. The van der Waals surface area contributed by atoms with Crippen LogP contribution >= 0.6 is 0 Å². The highest BCUT2D eigenvalue weighted by Gasteiger charge is 2.37. The van der Waals surface area contributed by atoms with E-state index in [2.05, 4.69) is 47.2 Å². The van der Waals surface area contributed by atoms with Crippen LogP contribution in [0.3, 0.4) is 0 Å². The van der Waals surface area contributed by atoms with Gasteiger partial charge in [0.2, 0.25) is 5.95 Å². The van der Waals surface area contributed by atoms with Crippen molar-refractivity contribution in [3.8, 4) is 0 Å². The highest BCUT2D eigenvalue weighted by atomic mass is 16.6. The van der Waals surface area contributed by atoms with Crippen molar-refractivity contribution in [2.24, 2.45) is 0 Å². The lowest BCUT2D eigenvalue weighted by Gasteiger charge is -2.43. The Morgan fingerprint density at radius 2 is 1.91 bits per heavy atom. The van der Waals surface area contributed by atoms with Gasteiger partial charge < -0.3 is 20.1 Å². The van der Waals surface area contributed by atoms with Gasteiger partial charge in [0.15, 0.2) is 0 Å². The van der Waals surface area contributed by atoms with Crippen LogP contribution in [0.4, 0.5) is 16.4 Å². The summed E-state index contributed by atoms with van der Waals surface area (Å²) in [7, 11) is 0. The molecule has 0 saturated carbocycles. The first-order valence-electron chi connectivity index (χ1n) is 11.7. The van der Waals surface area contributed by atoms with Gasteiger partial charge in [-0.2, -0.15) is 0 Å². The van der Waals surface area contributed by atoms with Gasteiger partial charge in [-0.15, -0.1) is 0 Å². The number of rotatable bonds is 3. The number of aliphatic hydroxyl groups is 1. The number of hydrogen-bond acceptors (Lipinski definition) is 7. The molecule has 0 spiro atoms. The number of nitrogens with one attached hydrogen (secondary N) is 1. The third kappa shape index (κ3) is 5.81. The molecule has 1 amide bonds. The van der Waals surface area contributed by atoms with Crippen LogP contribution in [0.2, 0.25) is 0 Å². The Morgan fingerprint density at radius 1 is 1.18 bits per heavy atom. The molecule has 0 bridgehead atoms. The summed E-state index contributed by atoms with van der Waals surface area (Å²) in [6.45, 7) is 12.1. The summed E-state index contributed by atoms with van der Waals surface area (Å²) >= 11 is 0. The van der Waals surface area contributed by atoms with Crippen LogP contribution in [0.5, 0.6) is 0 Å². The Kier molecular flexibility index (Phi) is 6.59. The summed E-state index contributed by atoms with van der Waals surface area (Å²) in [5.74, 6) is 0.598. The number of carbonyl (C=O) groups is 1. The topological polar surface area (TPSA) is 90.8 Å². The highest BCUT2D eigenvalue weighted by molar-refractivity contribution is 5.68. The van der Waals surface area contributed by atoms with Crippen molar-refractivity contribution in [3.63, 3.8) is 0 Å². The maximum Gasteiger partial charge on any atom is 0.410 e. The Hall–Kier alpha value is -2.71. The van der Waals surface area contributed by atoms with Crippen molar-refractivity contribution < 1.29 is 14.6 Å². The molecule has 0 radical (unpaired) electrons. The van der Waals surface area contributed by atoms with Crippen LogP contribution in [-0.4, -0.2) is 68.3 Å². The zero-order valence-corrected chi connectivity index (χ0v) is 20.3. The molecule has 1 aromatic carbocycles. The van der Waals surface area contributed by atoms with E-state index in [9.17, 15) is 9.90 Å². The van der Waals surface area contributed by atoms with Crippen molar-refractivity contribution in [1.29, 1.82) is 0 Å². The van der Waals surface area contributed by atoms with Crippen molar-refractivity contribution in [3.05, 3.63) is 46.8 Å². The molecule has 33 heavy (non-hydrogen) atoms. The number of aliphatic hydroxyl groups excluding tert-OH is 1. The number of hydrogen-bond donors (Lipinski definition) is 2. The van der Waals surface area contributed by atoms with Gasteiger partial charge in [-0.3, -0.25) is 4.90 Å². The lowest BCUT2D eigenvalue weighted by atomic mass is 9.97. The number of fused-ring (bicyclic) bond motifs is 1. The van der Waals surface area contributed by atoms with Crippen LogP contribution in [0, 0.1) is 13.8 Å². The predicted molar refractivity (Wildman–Crippen MR) is 128 cm³/mol. The second-order valence-electron chi connectivity index (χ2n) is 10.2. The SMILES string of the molecule is Cc1cc(C)cc(Nc2ncc3c(n2)CCN(C2CN(C(=O)OC(C)(C)C)CCC2O)C3)c1. The zero-order valence-electron chi connectivity index (χ0n) is 20.3. The minimum absolute atomic E-state index is 0.132.